The summed E-state index contributed by atoms with van der Waals surface area (Å²) >= 11 is 0. The van der Waals surface area contributed by atoms with E-state index < -0.39 is 0 Å². The van der Waals surface area contributed by atoms with Gasteiger partial charge >= 0.3 is 0 Å². The first-order valence-corrected chi connectivity index (χ1v) is 19.2. The largest absolute Gasteiger partial charge is 0.455 e. The van der Waals surface area contributed by atoms with E-state index in [2.05, 4.69) is 185 Å². The second-order valence-electron chi connectivity index (χ2n) is 14.6. The molecule has 12 rings (SSSR count). The Kier molecular flexibility index (Phi) is 6.86. The fourth-order valence-electron chi connectivity index (χ4n) is 8.73. The van der Waals surface area contributed by atoms with Gasteiger partial charge in [-0.3, -0.25) is 4.57 Å². The summed E-state index contributed by atoms with van der Waals surface area (Å²) in [5, 5.41) is 6.79. The van der Waals surface area contributed by atoms with E-state index in [-0.39, 0.29) is 0 Å². The van der Waals surface area contributed by atoms with Crippen LogP contribution in [0.1, 0.15) is 0 Å². The van der Waals surface area contributed by atoms with Gasteiger partial charge in [-0.25, -0.2) is 9.97 Å². The highest BCUT2D eigenvalue weighted by atomic mass is 16.3. The van der Waals surface area contributed by atoms with Crippen molar-refractivity contribution in [1.29, 1.82) is 0 Å². The molecule has 0 spiro atoms. The Balaban J connectivity index is 1.15. The molecule has 0 unspecified atom stereocenters. The zero-order valence-electron chi connectivity index (χ0n) is 30.7. The summed E-state index contributed by atoms with van der Waals surface area (Å²) in [4.78, 5) is 10.8. The zero-order valence-corrected chi connectivity index (χ0v) is 30.7. The molecule has 0 amide bonds. The van der Waals surface area contributed by atoms with Crippen LogP contribution in [0, 0.1) is 0 Å². The first-order valence-electron chi connectivity index (χ1n) is 19.2. The fourth-order valence-corrected chi connectivity index (χ4v) is 8.73. The molecule has 5 nitrogen and oxygen atoms in total. The molecule has 0 fully saturated rings. The summed E-state index contributed by atoms with van der Waals surface area (Å²) in [5.41, 5.74) is 13.1. The topological polar surface area (TPSA) is 48.8 Å². The lowest BCUT2D eigenvalue weighted by Gasteiger charge is -2.12. The van der Waals surface area contributed by atoms with Gasteiger partial charge in [0.2, 0.25) is 5.95 Å². The molecule has 4 heterocycles. The summed E-state index contributed by atoms with van der Waals surface area (Å²) in [7, 11) is 0. The molecular weight excluding hydrogens is 697 g/mol. The Bertz CT molecular complexity index is 3500. The molecule has 0 aliphatic heterocycles. The molecule has 5 heteroatoms. The minimum atomic E-state index is 0.597. The van der Waals surface area contributed by atoms with Crippen molar-refractivity contribution in [2.45, 2.75) is 0 Å². The zero-order chi connectivity index (χ0) is 37.5. The smallest absolute Gasteiger partial charge is 0.235 e. The molecule has 12 aromatic rings. The third kappa shape index (κ3) is 4.89. The Morgan fingerprint density at radius 2 is 0.895 bits per heavy atom. The molecule has 0 N–H and O–H groups in total. The van der Waals surface area contributed by atoms with Crippen molar-refractivity contribution < 1.29 is 4.42 Å². The van der Waals surface area contributed by atoms with Crippen molar-refractivity contribution in [2.75, 3.05) is 0 Å². The molecule has 0 radical (unpaired) electrons. The predicted molar refractivity (Wildman–Crippen MR) is 234 cm³/mol. The van der Waals surface area contributed by atoms with Crippen LogP contribution in [0.5, 0.6) is 0 Å². The van der Waals surface area contributed by atoms with Crippen molar-refractivity contribution in [3.8, 4) is 45.3 Å². The van der Waals surface area contributed by atoms with E-state index in [1.807, 2.05) is 18.2 Å². The van der Waals surface area contributed by atoms with Gasteiger partial charge in [0.25, 0.3) is 0 Å². The number of benzene rings is 8. The van der Waals surface area contributed by atoms with Crippen LogP contribution in [0.25, 0.3) is 111 Å². The number of hydrogen-bond donors (Lipinski definition) is 0. The maximum atomic E-state index is 6.58. The van der Waals surface area contributed by atoms with Crippen LogP contribution in [-0.4, -0.2) is 19.1 Å². The Morgan fingerprint density at radius 3 is 1.63 bits per heavy atom. The van der Waals surface area contributed by atoms with Gasteiger partial charge in [0, 0.05) is 49.1 Å². The summed E-state index contributed by atoms with van der Waals surface area (Å²) in [6, 6.07) is 68.3. The highest BCUT2D eigenvalue weighted by Crippen LogP contribution is 2.41. The van der Waals surface area contributed by atoms with Crippen molar-refractivity contribution in [3.05, 3.63) is 194 Å². The number of furan rings is 1. The lowest BCUT2D eigenvalue weighted by molar-refractivity contribution is 0.670. The molecule has 266 valence electrons. The van der Waals surface area contributed by atoms with E-state index in [1.54, 1.807) is 0 Å². The number of aromatic nitrogens is 4. The second kappa shape index (κ2) is 12.4. The van der Waals surface area contributed by atoms with Gasteiger partial charge in [-0.1, -0.05) is 140 Å². The van der Waals surface area contributed by atoms with Gasteiger partial charge < -0.3 is 8.98 Å². The average Bonchev–Trinajstić information content (AvgIpc) is 3.93. The van der Waals surface area contributed by atoms with Gasteiger partial charge in [-0.2, -0.15) is 0 Å². The van der Waals surface area contributed by atoms with Crippen molar-refractivity contribution in [1.82, 2.24) is 19.1 Å². The normalized spacial score (nSPS) is 11.9. The summed E-state index contributed by atoms with van der Waals surface area (Å²) in [6.45, 7) is 0. The molecule has 0 saturated carbocycles. The molecule has 0 atom stereocenters. The first-order chi connectivity index (χ1) is 28.3. The van der Waals surface area contributed by atoms with Crippen LogP contribution in [0.15, 0.2) is 199 Å². The highest BCUT2D eigenvalue weighted by molar-refractivity contribution is 6.19. The van der Waals surface area contributed by atoms with Crippen LogP contribution in [-0.2, 0) is 0 Å². The lowest BCUT2D eigenvalue weighted by atomic mass is 10.0. The van der Waals surface area contributed by atoms with Crippen molar-refractivity contribution in [3.63, 3.8) is 0 Å². The third-order valence-corrected chi connectivity index (χ3v) is 11.4. The SMILES string of the molecule is c1ccc(-c2ccc(-c3cc(-c4cccc5c4oc4ccccc45)nc(-n4c5ccccc5c5cc6c(cc54)c4ccccc4n6-c4ccccc4)n3)cc2)cc1. The molecule has 0 aliphatic carbocycles. The van der Waals surface area contributed by atoms with Gasteiger partial charge in [0.1, 0.15) is 11.2 Å². The Labute approximate surface area is 327 Å². The van der Waals surface area contributed by atoms with Gasteiger partial charge in [-0.15, -0.1) is 0 Å². The van der Waals surface area contributed by atoms with E-state index in [0.717, 1.165) is 83.0 Å². The minimum Gasteiger partial charge on any atom is -0.455 e. The standard InChI is InChI=1S/C52H32N4O/c1-3-14-33(15-4-1)34-26-28-35(29-27-34)44-32-45(41-22-13-21-40-39-20-9-12-25-50(39)57-51(40)41)54-52(53-44)56-47-24-11-8-19-38(47)43-30-48-42(31-49(43)56)37-18-7-10-23-46(37)55(48)36-16-5-2-6-17-36/h1-32H. The maximum absolute atomic E-state index is 6.58. The number of fused-ring (bicyclic) bond motifs is 9. The van der Waals surface area contributed by atoms with Crippen LogP contribution in [0.4, 0.5) is 0 Å². The monoisotopic (exact) mass is 728 g/mol. The first kappa shape index (κ1) is 31.6. The van der Waals surface area contributed by atoms with Gasteiger partial charge in [0.15, 0.2) is 0 Å². The van der Waals surface area contributed by atoms with E-state index in [9.17, 15) is 0 Å². The van der Waals surface area contributed by atoms with Crippen LogP contribution in [0.2, 0.25) is 0 Å². The summed E-state index contributed by atoms with van der Waals surface area (Å²) < 4.78 is 11.2. The Morgan fingerprint density at radius 1 is 0.351 bits per heavy atom. The minimum absolute atomic E-state index is 0.597. The van der Waals surface area contributed by atoms with Crippen LogP contribution in [0.3, 0.4) is 0 Å². The summed E-state index contributed by atoms with van der Waals surface area (Å²) in [5.74, 6) is 0.597. The molecule has 0 saturated heterocycles. The van der Waals surface area contributed by atoms with Gasteiger partial charge in [-0.05, 0) is 65.7 Å². The van der Waals surface area contributed by atoms with E-state index >= 15 is 0 Å². The van der Waals surface area contributed by atoms with Crippen LogP contribution >= 0.6 is 0 Å². The number of nitrogens with zero attached hydrogens (tertiary/aromatic N) is 4. The van der Waals surface area contributed by atoms with Crippen molar-refractivity contribution in [2.24, 2.45) is 0 Å². The number of hydrogen-bond acceptors (Lipinski definition) is 3. The second-order valence-corrected chi connectivity index (χ2v) is 14.6. The van der Waals surface area contributed by atoms with E-state index in [0.29, 0.717) is 5.95 Å². The molecule has 0 aliphatic rings. The van der Waals surface area contributed by atoms with Crippen molar-refractivity contribution >= 4 is 65.6 Å². The molecule has 0 bridgehead atoms. The Hall–Kier alpha value is -7.76. The predicted octanol–water partition coefficient (Wildman–Crippen LogP) is 13.6. The van der Waals surface area contributed by atoms with Crippen LogP contribution < -0.4 is 0 Å². The molecule has 4 aromatic heterocycles. The van der Waals surface area contributed by atoms with E-state index in [1.165, 1.54) is 21.9 Å². The number of para-hydroxylation sites is 5. The molecule has 57 heavy (non-hydrogen) atoms. The lowest BCUT2D eigenvalue weighted by Crippen LogP contribution is -2.04. The molecule has 8 aromatic carbocycles. The molecular formula is C52H32N4O. The quantitative estimate of drug-likeness (QED) is 0.177. The third-order valence-electron chi connectivity index (χ3n) is 11.4. The van der Waals surface area contributed by atoms with E-state index in [4.69, 9.17) is 14.4 Å². The average molecular weight is 729 g/mol. The summed E-state index contributed by atoms with van der Waals surface area (Å²) in [6.07, 6.45) is 0. The maximum Gasteiger partial charge on any atom is 0.235 e. The fraction of sp³-hybridized carbons (Fsp3) is 0. The van der Waals surface area contributed by atoms with Gasteiger partial charge in [0.05, 0.1) is 33.5 Å². The highest BCUT2D eigenvalue weighted by Gasteiger charge is 2.22. The number of rotatable bonds is 5.